The minimum Gasteiger partial charge on any atom is -0.397 e. The summed E-state index contributed by atoms with van der Waals surface area (Å²) in [5.41, 5.74) is 6.11. The second-order valence-electron chi connectivity index (χ2n) is 3.39. The van der Waals surface area contributed by atoms with Crippen LogP contribution in [-0.2, 0) is 0 Å². The van der Waals surface area contributed by atoms with Crippen LogP contribution >= 0.6 is 23.2 Å². The summed E-state index contributed by atoms with van der Waals surface area (Å²) in [5.74, 6) is -0.0913. The van der Waals surface area contributed by atoms with Crippen molar-refractivity contribution in [1.82, 2.24) is 9.97 Å². The van der Waals surface area contributed by atoms with Gasteiger partial charge in [0.15, 0.2) is 0 Å². The fourth-order valence-electron chi connectivity index (χ4n) is 1.30. The van der Waals surface area contributed by atoms with Gasteiger partial charge in [0.25, 0.3) is 5.91 Å². The standard InChI is InChI=1S/C11H8Cl2N4O/c12-8-2-1-3-10(16-8)17-11(18)6-4-9(13)15-5-7(6)14/h1-5H,14H2,(H,16,17,18). The van der Waals surface area contributed by atoms with Crippen LogP contribution in [0.3, 0.4) is 0 Å². The lowest BCUT2D eigenvalue weighted by Crippen LogP contribution is -2.15. The summed E-state index contributed by atoms with van der Waals surface area (Å²) in [6.45, 7) is 0. The Morgan fingerprint density at radius 1 is 1.28 bits per heavy atom. The highest BCUT2D eigenvalue weighted by molar-refractivity contribution is 6.30. The molecule has 0 aromatic carbocycles. The number of hydrogen-bond donors (Lipinski definition) is 2. The molecule has 0 aliphatic heterocycles. The largest absolute Gasteiger partial charge is 0.397 e. The van der Waals surface area contributed by atoms with Crippen molar-refractivity contribution in [2.75, 3.05) is 11.1 Å². The zero-order chi connectivity index (χ0) is 13.1. The molecule has 0 atom stereocenters. The minimum atomic E-state index is -0.424. The van der Waals surface area contributed by atoms with Crippen LogP contribution in [0.1, 0.15) is 10.4 Å². The van der Waals surface area contributed by atoms with Gasteiger partial charge in [-0.1, -0.05) is 29.3 Å². The lowest BCUT2D eigenvalue weighted by Gasteiger charge is -2.06. The summed E-state index contributed by atoms with van der Waals surface area (Å²) < 4.78 is 0. The zero-order valence-electron chi connectivity index (χ0n) is 9.02. The molecule has 0 saturated heterocycles. The van der Waals surface area contributed by atoms with E-state index in [9.17, 15) is 4.79 Å². The molecule has 2 aromatic heterocycles. The maximum Gasteiger partial charge on any atom is 0.259 e. The molecule has 0 aliphatic carbocycles. The Kier molecular flexibility index (Phi) is 3.64. The molecule has 0 radical (unpaired) electrons. The third kappa shape index (κ3) is 2.88. The van der Waals surface area contributed by atoms with Crippen molar-refractivity contribution >= 4 is 40.6 Å². The van der Waals surface area contributed by atoms with Crippen molar-refractivity contribution in [3.8, 4) is 0 Å². The average Bonchev–Trinajstić information content (AvgIpc) is 2.32. The van der Waals surface area contributed by atoms with Gasteiger partial charge in [0.1, 0.15) is 16.1 Å². The Hall–Kier alpha value is -1.85. The smallest absolute Gasteiger partial charge is 0.259 e. The number of aromatic nitrogens is 2. The molecule has 2 heterocycles. The quantitative estimate of drug-likeness (QED) is 0.830. The molecular formula is C11H8Cl2N4O. The Balaban J connectivity index is 2.24. The van der Waals surface area contributed by atoms with Gasteiger partial charge in [0.2, 0.25) is 0 Å². The van der Waals surface area contributed by atoms with E-state index in [1.807, 2.05) is 0 Å². The van der Waals surface area contributed by atoms with Crippen LogP contribution in [0.5, 0.6) is 0 Å². The zero-order valence-corrected chi connectivity index (χ0v) is 10.5. The number of pyridine rings is 2. The molecule has 5 nitrogen and oxygen atoms in total. The molecule has 2 aromatic rings. The van der Waals surface area contributed by atoms with E-state index in [-0.39, 0.29) is 21.6 Å². The molecule has 92 valence electrons. The number of rotatable bonds is 2. The SMILES string of the molecule is Nc1cnc(Cl)cc1C(=O)Nc1cccc(Cl)n1. The first kappa shape index (κ1) is 12.6. The fraction of sp³-hybridized carbons (Fsp3) is 0. The van der Waals surface area contributed by atoms with Crippen LogP contribution in [0.4, 0.5) is 11.5 Å². The molecule has 2 rings (SSSR count). The van der Waals surface area contributed by atoms with Crippen LogP contribution in [-0.4, -0.2) is 15.9 Å². The van der Waals surface area contributed by atoms with E-state index in [0.717, 1.165) is 0 Å². The van der Waals surface area contributed by atoms with Gasteiger partial charge in [-0.3, -0.25) is 4.79 Å². The summed E-state index contributed by atoms with van der Waals surface area (Å²) >= 11 is 11.4. The predicted molar refractivity (Wildman–Crippen MR) is 70.9 cm³/mol. The molecular weight excluding hydrogens is 275 g/mol. The monoisotopic (exact) mass is 282 g/mol. The Bertz CT molecular complexity index is 603. The number of nitrogen functional groups attached to an aromatic ring is 1. The van der Waals surface area contributed by atoms with Gasteiger partial charge in [-0.25, -0.2) is 9.97 Å². The van der Waals surface area contributed by atoms with E-state index in [0.29, 0.717) is 5.82 Å². The average molecular weight is 283 g/mol. The first-order chi connectivity index (χ1) is 8.56. The number of amides is 1. The number of hydrogen-bond acceptors (Lipinski definition) is 4. The van der Waals surface area contributed by atoms with Crippen molar-refractivity contribution in [3.63, 3.8) is 0 Å². The van der Waals surface area contributed by atoms with Gasteiger partial charge in [-0.05, 0) is 18.2 Å². The predicted octanol–water partition coefficient (Wildman–Crippen LogP) is 2.62. The van der Waals surface area contributed by atoms with E-state index < -0.39 is 5.91 Å². The van der Waals surface area contributed by atoms with Crippen molar-refractivity contribution < 1.29 is 4.79 Å². The lowest BCUT2D eigenvalue weighted by molar-refractivity contribution is 0.102. The summed E-state index contributed by atoms with van der Waals surface area (Å²) in [4.78, 5) is 19.6. The minimum absolute atomic E-state index is 0.188. The molecule has 0 bridgehead atoms. The molecule has 0 fully saturated rings. The van der Waals surface area contributed by atoms with Crippen LogP contribution in [0, 0.1) is 0 Å². The number of carbonyl (C=O) groups excluding carboxylic acids is 1. The molecule has 0 spiro atoms. The number of anilines is 2. The lowest BCUT2D eigenvalue weighted by atomic mass is 10.2. The van der Waals surface area contributed by atoms with Gasteiger partial charge in [-0.15, -0.1) is 0 Å². The number of nitrogens with two attached hydrogens (primary N) is 1. The highest BCUT2D eigenvalue weighted by Crippen LogP contribution is 2.17. The second kappa shape index (κ2) is 5.20. The second-order valence-corrected chi connectivity index (χ2v) is 4.17. The maximum atomic E-state index is 11.9. The molecule has 18 heavy (non-hydrogen) atoms. The topological polar surface area (TPSA) is 80.9 Å². The van der Waals surface area contributed by atoms with Crippen LogP contribution in [0.2, 0.25) is 10.3 Å². The third-order valence-corrected chi connectivity index (χ3v) is 2.52. The molecule has 3 N–H and O–H groups in total. The fourth-order valence-corrected chi connectivity index (χ4v) is 1.62. The Morgan fingerprint density at radius 2 is 2.06 bits per heavy atom. The first-order valence-electron chi connectivity index (χ1n) is 4.91. The van der Waals surface area contributed by atoms with Crippen molar-refractivity contribution in [2.24, 2.45) is 0 Å². The van der Waals surface area contributed by atoms with Crippen molar-refractivity contribution in [1.29, 1.82) is 0 Å². The van der Waals surface area contributed by atoms with Gasteiger partial charge < -0.3 is 11.1 Å². The first-order valence-corrected chi connectivity index (χ1v) is 5.67. The third-order valence-electron chi connectivity index (χ3n) is 2.10. The molecule has 0 saturated carbocycles. The van der Waals surface area contributed by atoms with Gasteiger partial charge in [-0.2, -0.15) is 0 Å². The van der Waals surface area contributed by atoms with E-state index in [4.69, 9.17) is 28.9 Å². The summed E-state index contributed by atoms with van der Waals surface area (Å²) in [5, 5.41) is 3.04. The van der Waals surface area contributed by atoms with Gasteiger partial charge in [0.05, 0.1) is 17.4 Å². The number of nitrogens with zero attached hydrogens (tertiary/aromatic N) is 2. The highest BCUT2D eigenvalue weighted by Gasteiger charge is 2.11. The number of nitrogens with one attached hydrogen (secondary N) is 1. The molecule has 7 heteroatoms. The normalized spacial score (nSPS) is 10.1. The number of halogens is 2. The highest BCUT2D eigenvalue weighted by atomic mass is 35.5. The Morgan fingerprint density at radius 3 is 2.78 bits per heavy atom. The molecule has 0 aliphatic rings. The molecule has 1 amide bonds. The van der Waals surface area contributed by atoms with Crippen LogP contribution < -0.4 is 11.1 Å². The van der Waals surface area contributed by atoms with Crippen LogP contribution in [0.25, 0.3) is 0 Å². The van der Waals surface area contributed by atoms with Crippen LogP contribution in [0.15, 0.2) is 30.5 Å². The summed E-state index contributed by atoms with van der Waals surface area (Å²) in [6, 6.07) is 6.28. The van der Waals surface area contributed by atoms with Gasteiger partial charge >= 0.3 is 0 Å². The van der Waals surface area contributed by atoms with E-state index in [1.165, 1.54) is 12.3 Å². The maximum absolute atomic E-state index is 11.9. The van der Waals surface area contributed by atoms with E-state index in [1.54, 1.807) is 18.2 Å². The van der Waals surface area contributed by atoms with E-state index >= 15 is 0 Å². The molecule has 0 unspecified atom stereocenters. The van der Waals surface area contributed by atoms with Crippen molar-refractivity contribution in [2.45, 2.75) is 0 Å². The number of carbonyl (C=O) groups is 1. The summed E-state index contributed by atoms with van der Waals surface area (Å²) in [7, 11) is 0. The Labute approximate surface area is 113 Å². The van der Waals surface area contributed by atoms with E-state index in [2.05, 4.69) is 15.3 Å². The summed E-state index contributed by atoms with van der Waals surface area (Å²) in [6.07, 6.45) is 1.32. The van der Waals surface area contributed by atoms with Gasteiger partial charge in [0, 0.05) is 0 Å². The van der Waals surface area contributed by atoms with Crippen molar-refractivity contribution in [3.05, 3.63) is 46.3 Å².